The number of benzene rings is 2. The number of ether oxygens (including phenoxy) is 1. The van der Waals surface area contributed by atoms with E-state index in [2.05, 4.69) is 29.6 Å². The van der Waals surface area contributed by atoms with Crippen molar-refractivity contribution < 1.29 is 14.1 Å². The van der Waals surface area contributed by atoms with E-state index < -0.39 is 0 Å². The maximum atomic E-state index is 12.3. The standard InChI is InChI=1S/C25H29N3O3/c1-25(2)19(14-23(25)27-24(29)26-16-18-9-5-3-6-10-18)13-20-15-22(31-28-20)17-30-21-11-7-4-8-12-21/h3-12,15,19,23H,13-14,16-17H2,1-2H3,(H2,26,27,29). The molecule has 0 spiro atoms. The number of rotatable bonds is 8. The van der Waals surface area contributed by atoms with Crippen molar-refractivity contribution in [3.05, 3.63) is 83.7 Å². The summed E-state index contributed by atoms with van der Waals surface area (Å²) >= 11 is 0. The Morgan fingerprint density at radius 2 is 1.84 bits per heavy atom. The van der Waals surface area contributed by atoms with Crippen molar-refractivity contribution in [1.82, 2.24) is 15.8 Å². The summed E-state index contributed by atoms with van der Waals surface area (Å²) < 4.78 is 11.2. The van der Waals surface area contributed by atoms with Crippen LogP contribution in [0.1, 0.15) is 37.3 Å². The zero-order chi connectivity index (χ0) is 21.7. The molecule has 6 nitrogen and oxygen atoms in total. The minimum absolute atomic E-state index is 0.0102. The summed E-state index contributed by atoms with van der Waals surface area (Å²) in [5.74, 6) is 1.95. The molecule has 0 radical (unpaired) electrons. The summed E-state index contributed by atoms with van der Waals surface area (Å²) in [6.45, 7) is 5.28. The summed E-state index contributed by atoms with van der Waals surface area (Å²) in [4.78, 5) is 12.3. The predicted molar refractivity (Wildman–Crippen MR) is 118 cm³/mol. The van der Waals surface area contributed by atoms with Gasteiger partial charge in [-0.05, 0) is 41.9 Å². The lowest BCUT2D eigenvalue weighted by atomic mass is 9.57. The lowest BCUT2D eigenvalue weighted by molar-refractivity contribution is 0.0200. The van der Waals surface area contributed by atoms with Crippen LogP contribution >= 0.6 is 0 Å². The molecule has 1 aromatic heterocycles. The molecule has 1 aliphatic rings. The Kier molecular flexibility index (Phi) is 6.26. The van der Waals surface area contributed by atoms with Gasteiger partial charge in [-0.3, -0.25) is 0 Å². The largest absolute Gasteiger partial charge is 0.486 e. The van der Waals surface area contributed by atoms with Crippen LogP contribution in [-0.4, -0.2) is 17.2 Å². The third-order valence-electron chi connectivity index (χ3n) is 6.26. The van der Waals surface area contributed by atoms with Crippen LogP contribution in [0.15, 0.2) is 71.3 Å². The van der Waals surface area contributed by atoms with Gasteiger partial charge in [-0.15, -0.1) is 0 Å². The number of para-hydroxylation sites is 1. The fourth-order valence-corrected chi connectivity index (χ4v) is 4.04. The van der Waals surface area contributed by atoms with Crippen LogP contribution in [0, 0.1) is 11.3 Å². The van der Waals surface area contributed by atoms with Crippen LogP contribution in [0.3, 0.4) is 0 Å². The van der Waals surface area contributed by atoms with Crippen LogP contribution in [0.5, 0.6) is 5.75 Å². The molecule has 0 saturated heterocycles. The maximum absolute atomic E-state index is 12.3. The highest BCUT2D eigenvalue weighted by Crippen LogP contribution is 2.47. The normalized spacial score (nSPS) is 19.3. The van der Waals surface area contributed by atoms with Crippen molar-refractivity contribution in [3.63, 3.8) is 0 Å². The first-order valence-electron chi connectivity index (χ1n) is 10.7. The second-order valence-electron chi connectivity index (χ2n) is 8.71. The van der Waals surface area contributed by atoms with Crippen molar-refractivity contribution in [2.24, 2.45) is 11.3 Å². The van der Waals surface area contributed by atoms with Gasteiger partial charge in [-0.1, -0.05) is 67.5 Å². The first-order valence-corrected chi connectivity index (χ1v) is 10.7. The number of urea groups is 1. The molecule has 1 fully saturated rings. The molecule has 2 unspecified atom stereocenters. The zero-order valence-corrected chi connectivity index (χ0v) is 18.0. The Hall–Kier alpha value is -3.28. The molecule has 4 rings (SSSR count). The highest BCUT2D eigenvalue weighted by atomic mass is 16.5. The lowest BCUT2D eigenvalue weighted by Crippen LogP contribution is -2.60. The van der Waals surface area contributed by atoms with Gasteiger partial charge in [0, 0.05) is 18.7 Å². The molecule has 2 amide bonds. The molecule has 2 N–H and O–H groups in total. The monoisotopic (exact) mass is 419 g/mol. The number of amides is 2. The Balaban J connectivity index is 1.23. The average molecular weight is 420 g/mol. The number of hydrogen-bond donors (Lipinski definition) is 2. The SMILES string of the molecule is CC1(C)C(Cc2cc(COc3ccccc3)on2)CC1NC(=O)NCc1ccccc1. The summed E-state index contributed by atoms with van der Waals surface area (Å²) in [6, 6.07) is 21.5. The van der Waals surface area contributed by atoms with Crippen LogP contribution in [0.25, 0.3) is 0 Å². The third kappa shape index (κ3) is 5.26. The molecule has 1 saturated carbocycles. The van der Waals surface area contributed by atoms with Crippen molar-refractivity contribution in [2.75, 3.05) is 0 Å². The number of aromatic nitrogens is 1. The molecule has 1 aliphatic carbocycles. The van der Waals surface area contributed by atoms with Crippen molar-refractivity contribution in [3.8, 4) is 5.75 Å². The van der Waals surface area contributed by atoms with Gasteiger partial charge >= 0.3 is 6.03 Å². The van der Waals surface area contributed by atoms with Crippen LogP contribution < -0.4 is 15.4 Å². The molecule has 2 atom stereocenters. The molecule has 6 heteroatoms. The molecular formula is C25H29N3O3. The molecule has 31 heavy (non-hydrogen) atoms. The van der Waals surface area contributed by atoms with Crippen molar-refractivity contribution in [2.45, 2.75) is 45.9 Å². The van der Waals surface area contributed by atoms with E-state index in [1.54, 1.807) is 0 Å². The van der Waals surface area contributed by atoms with Gasteiger partial charge in [-0.2, -0.15) is 0 Å². The van der Waals surface area contributed by atoms with Crippen molar-refractivity contribution in [1.29, 1.82) is 0 Å². The molecule has 0 aliphatic heterocycles. The summed E-state index contributed by atoms with van der Waals surface area (Å²) in [5, 5.41) is 10.3. The number of carbonyl (C=O) groups excluding carboxylic acids is 1. The Bertz CT molecular complexity index is 986. The third-order valence-corrected chi connectivity index (χ3v) is 6.26. The van der Waals surface area contributed by atoms with Gasteiger partial charge in [0.25, 0.3) is 0 Å². The second kappa shape index (κ2) is 9.25. The van der Waals surface area contributed by atoms with E-state index in [-0.39, 0.29) is 17.5 Å². The number of nitrogens with zero attached hydrogens (tertiary/aromatic N) is 1. The zero-order valence-electron chi connectivity index (χ0n) is 18.0. The van der Waals surface area contributed by atoms with E-state index in [0.29, 0.717) is 24.8 Å². The highest BCUT2D eigenvalue weighted by molar-refractivity contribution is 5.74. The average Bonchev–Trinajstić information content (AvgIpc) is 3.24. The molecule has 2 aromatic carbocycles. The minimum Gasteiger partial charge on any atom is -0.486 e. The minimum atomic E-state index is -0.123. The Morgan fingerprint density at radius 3 is 2.55 bits per heavy atom. The Morgan fingerprint density at radius 1 is 1.13 bits per heavy atom. The first-order chi connectivity index (χ1) is 15.0. The highest BCUT2D eigenvalue weighted by Gasteiger charge is 2.48. The van der Waals surface area contributed by atoms with E-state index in [4.69, 9.17) is 9.26 Å². The van der Waals surface area contributed by atoms with Crippen LogP contribution in [0.4, 0.5) is 4.79 Å². The van der Waals surface area contributed by atoms with Crippen molar-refractivity contribution >= 4 is 6.03 Å². The summed E-state index contributed by atoms with van der Waals surface area (Å²) in [5.41, 5.74) is 2.00. The van der Waals surface area contributed by atoms with E-state index in [1.807, 2.05) is 66.7 Å². The van der Waals surface area contributed by atoms with Gasteiger partial charge < -0.3 is 19.9 Å². The smallest absolute Gasteiger partial charge is 0.315 e. The molecular weight excluding hydrogens is 390 g/mol. The topological polar surface area (TPSA) is 76.4 Å². The fourth-order valence-electron chi connectivity index (χ4n) is 4.04. The fraction of sp³-hybridized carbons (Fsp3) is 0.360. The van der Waals surface area contributed by atoms with Gasteiger partial charge in [0.05, 0.1) is 5.69 Å². The Labute approximate surface area is 183 Å². The molecule has 1 heterocycles. The second-order valence-corrected chi connectivity index (χ2v) is 8.71. The number of hydrogen-bond acceptors (Lipinski definition) is 4. The summed E-state index contributed by atoms with van der Waals surface area (Å²) in [6.07, 6.45) is 1.75. The first kappa shape index (κ1) is 21.0. The lowest BCUT2D eigenvalue weighted by Gasteiger charge is -2.52. The predicted octanol–water partition coefficient (Wildman–Crippen LogP) is 4.71. The van der Waals surface area contributed by atoms with Crippen LogP contribution in [-0.2, 0) is 19.6 Å². The molecule has 162 valence electrons. The molecule has 0 bridgehead atoms. The number of carbonyl (C=O) groups is 1. The molecule has 3 aromatic rings. The van der Waals surface area contributed by atoms with Crippen LogP contribution in [0.2, 0.25) is 0 Å². The van der Waals surface area contributed by atoms with Gasteiger partial charge in [0.2, 0.25) is 0 Å². The van der Waals surface area contributed by atoms with E-state index in [1.165, 1.54) is 0 Å². The van der Waals surface area contributed by atoms with Gasteiger partial charge in [0.15, 0.2) is 5.76 Å². The van der Waals surface area contributed by atoms with E-state index in [9.17, 15) is 4.79 Å². The van der Waals surface area contributed by atoms with Gasteiger partial charge in [0.1, 0.15) is 12.4 Å². The number of nitrogens with one attached hydrogen (secondary N) is 2. The van der Waals surface area contributed by atoms with E-state index in [0.717, 1.165) is 29.8 Å². The summed E-state index contributed by atoms with van der Waals surface area (Å²) in [7, 11) is 0. The van der Waals surface area contributed by atoms with E-state index >= 15 is 0 Å². The maximum Gasteiger partial charge on any atom is 0.315 e. The van der Waals surface area contributed by atoms with Gasteiger partial charge in [-0.25, -0.2) is 4.79 Å². The quantitative estimate of drug-likeness (QED) is 0.554.